The average Bonchev–Trinajstić information content (AvgIpc) is 2.89. The van der Waals surface area contributed by atoms with E-state index in [9.17, 15) is 4.79 Å². The minimum Gasteiger partial charge on any atom is -0.497 e. The van der Waals surface area contributed by atoms with Crippen LogP contribution in [-0.2, 0) is 4.79 Å². The van der Waals surface area contributed by atoms with Crippen molar-refractivity contribution in [2.75, 3.05) is 12.4 Å². The first kappa shape index (κ1) is 11.3. The molecule has 3 nitrogen and oxygen atoms in total. The number of carbonyl (C=O) groups is 1. The highest BCUT2D eigenvalue weighted by atomic mass is 16.5. The molecule has 4 atom stereocenters. The Morgan fingerprint density at radius 3 is 2.37 bits per heavy atom. The van der Waals surface area contributed by atoms with Gasteiger partial charge in [-0.15, -0.1) is 0 Å². The molecule has 0 saturated heterocycles. The summed E-state index contributed by atoms with van der Waals surface area (Å²) in [5.41, 5.74) is 0.878. The molecule has 1 aromatic rings. The predicted octanol–water partition coefficient (Wildman–Crippen LogP) is 2.93. The number of fused-ring (bicyclic) bond motifs is 5. The highest BCUT2D eigenvalue weighted by molar-refractivity contribution is 5.95. The van der Waals surface area contributed by atoms with E-state index in [1.165, 1.54) is 19.3 Å². The fourth-order valence-corrected chi connectivity index (χ4v) is 4.58. The maximum atomic E-state index is 12.3. The van der Waals surface area contributed by atoms with E-state index >= 15 is 0 Å². The molecule has 0 unspecified atom stereocenters. The molecule has 0 heterocycles. The highest BCUT2D eigenvalue weighted by Crippen LogP contribution is 2.69. The van der Waals surface area contributed by atoms with Gasteiger partial charge in [-0.1, -0.05) is 0 Å². The Bertz CT molecular complexity index is 494. The van der Waals surface area contributed by atoms with Crippen LogP contribution in [0.3, 0.4) is 0 Å². The molecule has 0 aromatic heterocycles. The normalized spacial score (nSPS) is 37.8. The molecule has 3 heteroatoms. The van der Waals surface area contributed by atoms with E-state index in [0.29, 0.717) is 17.8 Å². The van der Waals surface area contributed by atoms with Crippen molar-refractivity contribution in [2.45, 2.75) is 19.3 Å². The highest BCUT2D eigenvalue weighted by Gasteiger charge is 2.67. The number of rotatable bonds is 3. The van der Waals surface area contributed by atoms with Crippen LogP contribution in [0.1, 0.15) is 19.3 Å². The van der Waals surface area contributed by atoms with E-state index in [-0.39, 0.29) is 5.91 Å². The van der Waals surface area contributed by atoms with Gasteiger partial charge in [-0.3, -0.25) is 4.79 Å². The summed E-state index contributed by atoms with van der Waals surface area (Å²) in [6.07, 6.45) is 4.11. The second-order valence-corrected chi connectivity index (χ2v) is 6.23. The van der Waals surface area contributed by atoms with Crippen LogP contribution in [0, 0.1) is 29.6 Å². The van der Waals surface area contributed by atoms with Gasteiger partial charge in [0, 0.05) is 11.6 Å². The van der Waals surface area contributed by atoms with Crippen molar-refractivity contribution in [3.05, 3.63) is 24.3 Å². The number of anilines is 1. The fraction of sp³-hybridized carbons (Fsp3) is 0.562. The molecule has 100 valence electrons. The van der Waals surface area contributed by atoms with Crippen molar-refractivity contribution in [3.63, 3.8) is 0 Å². The molecule has 3 fully saturated rings. The summed E-state index contributed by atoms with van der Waals surface area (Å²) >= 11 is 0. The lowest BCUT2D eigenvalue weighted by atomic mass is 10.0. The van der Waals surface area contributed by atoms with E-state index in [1.807, 2.05) is 24.3 Å². The Morgan fingerprint density at radius 2 is 1.79 bits per heavy atom. The minimum absolute atomic E-state index is 0.233. The molecule has 2 bridgehead atoms. The Morgan fingerprint density at radius 1 is 1.16 bits per heavy atom. The number of benzene rings is 1. The van der Waals surface area contributed by atoms with Crippen LogP contribution in [0.2, 0.25) is 0 Å². The third-order valence-corrected chi connectivity index (χ3v) is 5.40. The van der Waals surface area contributed by atoms with Crippen molar-refractivity contribution < 1.29 is 9.53 Å². The molecule has 3 saturated carbocycles. The summed E-state index contributed by atoms with van der Waals surface area (Å²) in [5.74, 6) is 4.46. The number of methoxy groups -OCH3 is 1. The van der Waals surface area contributed by atoms with Gasteiger partial charge in [-0.2, -0.15) is 0 Å². The van der Waals surface area contributed by atoms with E-state index in [4.69, 9.17) is 4.74 Å². The molecule has 3 aliphatic carbocycles. The van der Waals surface area contributed by atoms with Crippen LogP contribution in [0.25, 0.3) is 0 Å². The molecule has 0 spiro atoms. The smallest absolute Gasteiger partial charge is 0.228 e. The monoisotopic (exact) mass is 257 g/mol. The number of hydrogen-bond donors (Lipinski definition) is 1. The molecule has 1 aromatic carbocycles. The summed E-state index contributed by atoms with van der Waals surface area (Å²) in [6, 6.07) is 7.58. The topological polar surface area (TPSA) is 38.3 Å². The molecule has 3 aliphatic rings. The van der Waals surface area contributed by atoms with Crippen LogP contribution < -0.4 is 10.1 Å². The summed E-state index contributed by atoms with van der Waals surface area (Å²) < 4.78 is 5.12. The van der Waals surface area contributed by atoms with Gasteiger partial charge in [0.25, 0.3) is 0 Å². The molecule has 1 amide bonds. The van der Waals surface area contributed by atoms with Crippen molar-refractivity contribution in [3.8, 4) is 5.75 Å². The van der Waals surface area contributed by atoms with Gasteiger partial charge >= 0.3 is 0 Å². The first-order chi connectivity index (χ1) is 9.28. The Kier molecular flexibility index (Phi) is 2.38. The average molecular weight is 257 g/mol. The first-order valence-corrected chi connectivity index (χ1v) is 7.23. The minimum atomic E-state index is 0.233. The summed E-state index contributed by atoms with van der Waals surface area (Å²) in [4.78, 5) is 12.3. The van der Waals surface area contributed by atoms with Gasteiger partial charge in [-0.25, -0.2) is 0 Å². The lowest BCUT2D eigenvalue weighted by Crippen LogP contribution is -2.18. The van der Waals surface area contributed by atoms with Crippen LogP contribution in [0.15, 0.2) is 24.3 Å². The third-order valence-electron chi connectivity index (χ3n) is 5.40. The zero-order valence-electron chi connectivity index (χ0n) is 11.1. The Balaban J connectivity index is 1.42. The molecule has 4 rings (SSSR count). The van der Waals surface area contributed by atoms with Crippen molar-refractivity contribution in [2.24, 2.45) is 29.6 Å². The summed E-state index contributed by atoms with van der Waals surface area (Å²) in [5, 5.41) is 3.06. The fourth-order valence-electron chi connectivity index (χ4n) is 4.58. The van der Waals surface area contributed by atoms with Gasteiger partial charge in [0.05, 0.1) is 7.11 Å². The van der Waals surface area contributed by atoms with Gasteiger partial charge in [0.1, 0.15) is 5.75 Å². The van der Waals surface area contributed by atoms with Crippen molar-refractivity contribution in [1.82, 2.24) is 0 Å². The molecule has 19 heavy (non-hydrogen) atoms. The van der Waals surface area contributed by atoms with Crippen LogP contribution in [-0.4, -0.2) is 13.0 Å². The van der Waals surface area contributed by atoms with Crippen molar-refractivity contribution >= 4 is 11.6 Å². The van der Waals surface area contributed by atoms with Crippen LogP contribution in [0.4, 0.5) is 5.69 Å². The maximum absolute atomic E-state index is 12.3. The van der Waals surface area contributed by atoms with E-state index in [0.717, 1.165) is 23.3 Å². The van der Waals surface area contributed by atoms with E-state index < -0.39 is 0 Å². The zero-order chi connectivity index (χ0) is 13.0. The summed E-state index contributed by atoms with van der Waals surface area (Å²) in [7, 11) is 1.65. The number of ether oxygens (including phenoxy) is 1. The molecule has 0 aliphatic heterocycles. The SMILES string of the molecule is COc1ccc(NC(=O)C2[C@@H]3[C@@H]4CC[C@H](C4)[C@@H]23)cc1. The quantitative estimate of drug-likeness (QED) is 0.904. The van der Waals surface area contributed by atoms with Gasteiger partial charge < -0.3 is 10.1 Å². The van der Waals surface area contributed by atoms with Crippen molar-refractivity contribution in [1.29, 1.82) is 0 Å². The second kappa shape index (κ2) is 3.99. The largest absolute Gasteiger partial charge is 0.497 e. The molecule has 1 N–H and O–H groups in total. The summed E-state index contributed by atoms with van der Waals surface area (Å²) in [6.45, 7) is 0. The van der Waals surface area contributed by atoms with Gasteiger partial charge in [0.15, 0.2) is 0 Å². The molecular weight excluding hydrogens is 238 g/mol. The Hall–Kier alpha value is -1.51. The Labute approximate surface area is 113 Å². The number of amides is 1. The zero-order valence-corrected chi connectivity index (χ0v) is 11.1. The van der Waals surface area contributed by atoms with E-state index in [1.54, 1.807) is 7.11 Å². The van der Waals surface area contributed by atoms with Gasteiger partial charge in [0.2, 0.25) is 5.91 Å². The lowest BCUT2D eigenvalue weighted by Gasteiger charge is -2.10. The predicted molar refractivity (Wildman–Crippen MR) is 72.9 cm³/mol. The number of hydrogen-bond acceptors (Lipinski definition) is 2. The van der Waals surface area contributed by atoms with E-state index in [2.05, 4.69) is 5.32 Å². The molecular formula is C16H19NO2. The van der Waals surface area contributed by atoms with Gasteiger partial charge in [-0.05, 0) is 67.2 Å². The second-order valence-electron chi connectivity index (χ2n) is 6.23. The lowest BCUT2D eigenvalue weighted by molar-refractivity contribution is -0.118. The first-order valence-electron chi connectivity index (χ1n) is 7.23. The van der Waals surface area contributed by atoms with Crippen LogP contribution in [0.5, 0.6) is 5.75 Å². The maximum Gasteiger partial charge on any atom is 0.228 e. The molecule has 0 radical (unpaired) electrons. The number of nitrogens with one attached hydrogen (secondary N) is 1. The van der Waals surface area contributed by atoms with Crippen LogP contribution >= 0.6 is 0 Å². The third kappa shape index (κ3) is 1.67. The standard InChI is InChI=1S/C16H19NO2/c1-19-12-6-4-11(5-7-12)17-16(18)15-13-9-2-3-10(8-9)14(13)15/h4-7,9-10,13-15H,2-3,8H2,1H3,(H,17,18)/t9-,10-,13-,14-/m1/s1. The number of carbonyl (C=O) groups excluding carboxylic acids is 1.